The van der Waals surface area contributed by atoms with Crippen LogP contribution in [0.4, 0.5) is 4.39 Å². The van der Waals surface area contributed by atoms with E-state index >= 15 is 0 Å². The maximum absolute atomic E-state index is 13.6. The average molecular weight is 379 g/mol. The first kappa shape index (κ1) is 19.7. The van der Waals surface area contributed by atoms with Crippen LogP contribution in [-0.4, -0.2) is 36.4 Å². The third-order valence-electron chi connectivity index (χ3n) is 3.84. The van der Waals surface area contributed by atoms with Crippen LogP contribution in [0.25, 0.3) is 0 Å². The van der Waals surface area contributed by atoms with E-state index in [-0.39, 0.29) is 24.8 Å². The minimum Gasteiger partial charge on any atom is -0.481 e. The Hall–Kier alpha value is -2.60. The van der Waals surface area contributed by atoms with Crippen molar-refractivity contribution in [2.45, 2.75) is 19.5 Å². The molecule has 0 bridgehead atoms. The van der Waals surface area contributed by atoms with Crippen molar-refractivity contribution in [1.29, 1.82) is 0 Å². The first-order chi connectivity index (χ1) is 12.4. The zero-order valence-corrected chi connectivity index (χ0v) is 15.3. The highest BCUT2D eigenvalue weighted by Crippen LogP contribution is 2.17. The second-order valence-electron chi connectivity index (χ2n) is 5.66. The van der Waals surface area contributed by atoms with Crippen LogP contribution in [0.15, 0.2) is 48.5 Å². The zero-order valence-electron chi connectivity index (χ0n) is 14.5. The van der Waals surface area contributed by atoms with E-state index in [1.54, 1.807) is 37.3 Å². The fraction of sp³-hybridized carbons (Fsp3) is 0.263. The van der Waals surface area contributed by atoms with Gasteiger partial charge in [-0.2, -0.15) is 0 Å². The maximum atomic E-state index is 13.6. The molecule has 0 fully saturated rings. The SMILES string of the molecule is CNC(=O)[C@H](C)N(Cc1cccc(Cl)c1)C(=O)COc1ccccc1F. The summed E-state index contributed by atoms with van der Waals surface area (Å²) < 4.78 is 18.9. The minimum absolute atomic E-state index is 0.0175. The summed E-state index contributed by atoms with van der Waals surface area (Å²) in [4.78, 5) is 26.0. The van der Waals surface area contributed by atoms with Crippen molar-refractivity contribution >= 4 is 23.4 Å². The lowest BCUT2D eigenvalue weighted by Gasteiger charge is -2.28. The Bertz CT molecular complexity index is 785. The minimum atomic E-state index is -0.726. The van der Waals surface area contributed by atoms with Crippen molar-refractivity contribution in [2.75, 3.05) is 13.7 Å². The standard InChI is InChI=1S/C19H20ClFN2O3/c1-13(19(25)22-2)23(11-14-6-5-7-15(20)10-14)18(24)12-26-17-9-4-3-8-16(17)21/h3-10,13H,11-12H2,1-2H3,(H,22,25)/t13-/m0/s1. The van der Waals surface area contributed by atoms with Gasteiger partial charge in [-0.05, 0) is 36.8 Å². The highest BCUT2D eigenvalue weighted by molar-refractivity contribution is 6.30. The average Bonchev–Trinajstić information content (AvgIpc) is 2.64. The van der Waals surface area contributed by atoms with Gasteiger partial charge in [0.1, 0.15) is 6.04 Å². The molecule has 0 saturated heterocycles. The predicted molar refractivity (Wildman–Crippen MR) is 97.4 cm³/mol. The fourth-order valence-electron chi connectivity index (χ4n) is 2.41. The smallest absolute Gasteiger partial charge is 0.261 e. The van der Waals surface area contributed by atoms with Crippen LogP contribution in [0, 0.1) is 5.82 Å². The molecule has 2 rings (SSSR count). The molecule has 0 aliphatic carbocycles. The van der Waals surface area contributed by atoms with Crippen molar-refractivity contribution < 1.29 is 18.7 Å². The third kappa shape index (κ3) is 5.20. The summed E-state index contributed by atoms with van der Waals surface area (Å²) in [7, 11) is 1.50. The van der Waals surface area contributed by atoms with Gasteiger partial charge in [0.2, 0.25) is 5.91 Å². The van der Waals surface area contributed by atoms with E-state index < -0.39 is 17.8 Å². The summed E-state index contributed by atoms with van der Waals surface area (Å²) in [5, 5.41) is 3.05. The van der Waals surface area contributed by atoms with Gasteiger partial charge in [0.15, 0.2) is 18.2 Å². The van der Waals surface area contributed by atoms with E-state index in [2.05, 4.69) is 5.32 Å². The van der Waals surface area contributed by atoms with Crippen LogP contribution in [0.3, 0.4) is 0 Å². The second-order valence-corrected chi connectivity index (χ2v) is 6.10. The highest BCUT2D eigenvalue weighted by Gasteiger charge is 2.26. The van der Waals surface area contributed by atoms with Gasteiger partial charge < -0.3 is 15.0 Å². The lowest BCUT2D eigenvalue weighted by Crippen LogP contribution is -2.48. The van der Waals surface area contributed by atoms with Gasteiger partial charge in [0.25, 0.3) is 5.91 Å². The third-order valence-corrected chi connectivity index (χ3v) is 4.08. The Morgan fingerprint density at radius 3 is 2.62 bits per heavy atom. The largest absolute Gasteiger partial charge is 0.481 e. The van der Waals surface area contributed by atoms with Crippen LogP contribution in [0.2, 0.25) is 5.02 Å². The van der Waals surface area contributed by atoms with Crippen LogP contribution >= 0.6 is 11.6 Å². The number of para-hydroxylation sites is 1. The van der Waals surface area contributed by atoms with Crippen LogP contribution in [0.1, 0.15) is 12.5 Å². The Labute approximate surface area is 156 Å². The molecule has 0 aliphatic rings. The number of halogens is 2. The van der Waals surface area contributed by atoms with Gasteiger partial charge in [-0.3, -0.25) is 9.59 Å². The molecular formula is C19H20ClFN2O3. The number of benzene rings is 2. The molecule has 0 spiro atoms. The summed E-state index contributed by atoms with van der Waals surface area (Å²) in [5.41, 5.74) is 0.771. The molecule has 0 saturated carbocycles. The molecule has 2 aromatic carbocycles. The number of rotatable bonds is 7. The topological polar surface area (TPSA) is 58.6 Å². The lowest BCUT2D eigenvalue weighted by atomic mass is 10.1. The summed E-state index contributed by atoms with van der Waals surface area (Å²) >= 11 is 5.99. The number of ether oxygens (including phenoxy) is 1. The summed E-state index contributed by atoms with van der Waals surface area (Å²) in [6.45, 7) is 1.40. The summed E-state index contributed by atoms with van der Waals surface area (Å²) in [5.74, 6) is -1.33. The van der Waals surface area contributed by atoms with Gasteiger partial charge >= 0.3 is 0 Å². The Morgan fingerprint density at radius 1 is 1.23 bits per heavy atom. The number of likely N-dealkylation sites (N-methyl/N-ethyl adjacent to an activating group) is 1. The molecule has 0 unspecified atom stereocenters. The van der Waals surface area contributed by atoms with E-state index in [9.17, 15) is 14.0 Å². The highest BCUT2D eigenvalue weighted by atomic mass is 35.5. The van der Waals surface area contributed by atoms with Gasteiger partial charge in [-0.25, -0.2) is 4.39 Å². The van der Waals surface area contributed by atoms with Crippen molar-refractivity contribution in [1.82, 2.24) is 10.2 Å². The quantitative estimate of drug-likeness (QED) is 0.805. The second kappa shape index (κ2) is 9.20. The number of carbonyl (C=O) groups excluding carboxylic acids is 2. The van der Waals surface area contributed by atoms with Gasteiger partial charge in [-0.1, -0.05) is 35.9 Å². The van der Waals surface area contributed by atoms with E-state index in [1.807, 2.05) is 0 Å². The normalized spacial score (nSPS) is 11.5. The van der Waals surface area contributed by atoms with Crippen LogP contribution in [0.5, 0.6) is 5.75 Å². The van der Waals surface area contributed by atoms with Gasteiger partial charge in [-0.15, -0.1) is 0 Å². The van der Waals surface area contributed by atoms with E-state index in [1.165, 1.54) is 30.1 Å². The molecular weight excluding hydrogens is 359 g/mol. The number of amides is 2. The summed E-state index contributed by atoms with van der Waals surface area (Å²) in [6, 6.07) is 12.1. The number of nitrogens with one attached hydrogen (secondary N) is 1. The monoisotopic (exact) mass is 378 g/mol. The Balaban J connectivity index is 2.15. The number of nitrogens with zero attached hydrogens (tertiary/aromatic N) is 1. The first-order valence-corrected chi connectivity index (χ1v) is 8.43. The van der Waals surface area contributed by atoms with E-state index in [0.29, 0.717) is 5.02 Å². The molecule has 0 aliphatic heterocycles. The van der Waals surface area contributed by atoms with Crippen LogP contribution in [-0.2, 0) is 16.1 Å². The van der Waals surface area contributed by atoms with Crippen molar-refractivity contribution in [3.63, 3.8) is 0 Å². The molecule has 26 heavy (non-hydrogen) atoms. The number of carbonyl (C=O) groups is 2. The molecule has 0 radical (unpaired) electrons. The van der Waals surface area contributed by atoms with Crippen LogP contribution < -0.4 is 10.1 Å². The maximum Gasteiger partial charge on any atom is 0.261 e. The molecule has 7 heteroatoms. The molecule has 0 heterocycles. The van der Waals surface area contributed by atoms with E-state index in [4.69, 9.17) is 16.3 Å². The summed E-state index contributed by atoms with van der Waals surface area (Å²) in [6.07, 6.45) is 0. The molecule has 5 nitrogen and oxygen atoms in total. The predicted octanol–water partition coefficient (Wildman–Crippen LogP) is 3.02. The first-order valence-electron chi connectivity index (χ1n) is 8.05. The fourth-order valence-corrected chi connectivity index (χ4v) is 2.62. The Kier molecular flexibility index (Phi) is 6.97. The lowest BCUT2D eigenvalue weighted by molar-refractivity contribution is -0.142. The molecule has 2 aromatic rings. The number of hydrogen-bond acceptors (Lipinski definition) is 3. The van der Waals surface area contributed by atoms with Crippen molar-refractivity contribution in [3.8, 4) is 5.75 Å². The number of hydrogen-bond donors (Lipinski definition) is 1. The van der Waals surface area contributed by atoms with Crippen molar-refractivity contribution in [3.05, 3.63) is 64.9 Å². The van der Waals surface area contributed by atoms with Gasteiger partial charge in [0, 0.05) is 18.6 Å². The molecule has 0 aromatic heterocycles. The zero-order chi connectivity index (χ0) is 19.1. The van der Waals surface area contributed by atoms with Crippen molar-refractivity contribution in [2.24, 2.45) is 0 Å². The molecule has 1 atom stereocenters. The molecule has 138 valence electrons. The Morgan fingerprint density at radius 2 is 1.96 bits per heavy atom. The van der Waals surface area contributed by atoms with E-state index in [0.717, 1.165) is 5.56 Å². The molecule has 1 N–H and O–H groups in total. The molecule has 2 amide bonds. The van der Waals surface area contributed by atoms with Gasteiger partial charge in [0.05, 0.1) is 0 Å².